The Morgan fingerprint density at radius 1 is 1.14 bits per heavy atom. The second-order valence-electron chi connectivity index (χ2n) is 5.29. The lowest BCUT2D eigenvalue weighted by molar-refractivity contribution is 0.573. The molecule has 0 aliphatic carbocycles. The Bertz CT molecular complexity index is 571. The minimum absolute atomic E-state index is 0.182. The Labute approximate surface area is 131 Å². The quantitative estimate of drug-likeness (QED) is 0.724. The van der Waals surface area contributed by atoms with Crippen molar-refractivity contribution in [3.63, 3.8) is 0 Å². The molecule has 2 aromatic rings. The molecule has 112 valence electrons. The molecular weight excluding hydrogens is 285 g/mol. The van der Waals surface area contributed by atoms with Crippen LogP contribution in [-0.2, 0) is 6.42 Å². The fraction of sp³-hybridized carbons (Fsp3) is 0.333. The van der Waals surface area contributed by atoms with Gasteiger partial charge in [-0.15, -0.1) is 0 Å². The first kappa shape index (κ1) is 16.0. The lowest BCUT2D eigenvalue weighted by Gasteiger charge is -2.18. The van der Waals surface area contributed by atoms with Gasteiger partial charge in [0.1, 0.15) is 5.82 Å². The molecule has 0 saturated heterocycles. The summed E-state index contributed by atoms with van der Waals surface area (Å²) in [5.41, 5.74) is 2.20. The summed E-state index contributed by atoms with van der Waals surface area (Å²) in [5.74, 6) is 0.107. The van der Waals surface area contributed by atoms with Crippen LogP contribution in [0.3, 0.4) is 0 Å². The van der Waals surface area contributed by atoms with Crippen molar-refractivity contribution in [2.24, 2.45) is 0 Å². The molecule has 0 heterocycles. The standard InChI is InChI=1S/C18H21ClFN/c1-2-9-21-13-16(15-6-4-7-17(19)12-15)10-14-5-3-8-18(20)11-14/h3-8,11-12,16,21H,2,9-10,13H2,1H3. The van der Waals surface area contributed by atoms with Crippen LogP contribution < -0.4 is 5.32 Å². The van der Waals surface area contributed by atoms with E-state index in [4.69, 9.17) is 11.6 Å². The molecule has 0 radical (unpaired) electrons. The molecule has 3 heteroatoms. The minimum atomic E-state index is -0.182. The van der Waals surface area contributed by atoms with Gasteiger partial charge in [0.15, 0.2) is 0 Å². The first-order valence-electron chi connectivity index (χ1n) is 7.39. The third-order valence-electron chi connectivity index (χ3n) is 3.51. The summed E-state index contributed by atoms with van der Waals surface area (Å²) in [6, 6.07) is 14.8. The maximum absolute atomic E-state index is 13.4. The van der Waals surface area contributed by atoms with Crippen LogP contribution in [0.5, 0.6) is 0 Å². The van der Waals surface area contributed by atoms with Crippen LogP contribution in [0.4, 0.5) is 4.39 Å². The Morgan fingerprint density at radius 2 is 1.95 bits per heavy atom. The predicted octanol–water partition coefficient (Wildman–Crippen LogP) is 4.81. The van der Waals surface area contributed by atoms with Gasteiger partial charge >= 0.3 is 0 Å². The highest BCUT2D eigenvalue weighted by Gasteiger charge is 2.13. The van der Waals surface area contributed by atoms with Gasteiger partial charge in [0.2, 0.25) is 0 Å². The zero-order valence-electron chi connectivity index (χ0n) is 12.3. The maximum atomic E-state index is 13.4. The van der Waals surface area contributed by atoms with Crippen molar-refractivity contribution < 1.29 is 4.39 Å². The van der Waals surface area contributed by atoms with E-state index in [1.165, 1.54) is 11.6 Å². The topological polar surface area (TPSA) is 12.0 Å². The van der Waals surface area contributed by atoms with Crippen molar-refractivity contribution in [2.45, 2.75) is 25.7 Å². The average Bonchev–Trinajstić information content (AvgIpc) is 2.46. The largest absolute Gasteiger partial charge is 0.316 e. The molecule has 1 N–H and O–H groups in total. The van der Waals surface area contributed by atoms with Gasteiger partial charge in [-0.05, 0) is 54.8 Å². The third kappa shape index (κ3) is 5.14. The lowest BCUT2D eigenvalue weighted by atomic mass is 9.92. The SMILES string of the molecule is CCCNCC(Cc1cccc(F)c1)c1cccc(Cl)c1. The van der Waals surface area contributed by atoms with Crippen LogP contribution in [0.15, 0.2) is 48.5 Å². The monoisotopic (exact) mass is 305 g/mol. The van der Waals surface area contributed by atoms with Gasteiger partial charge in [-0.25, -0.2) is 4.39 Å². The number of hydrogen-bond acceptors (Lipinski definition) is 1. The Morgan fingerprint density at radius 3 is 2.67 bits per heavy atom. The van der Waals surface area contributed by atoms with Crippen molar-refractivity contribution in [2.75, 3.05) is 13.1 Å². The first-order chi connectivity index (χ1) is 10.2. The Kier molecular flexibility index (Phi) is 6.21. The van der Waals surface area contributed by atoms with E-state index < -0.39 is 0 Å². The van der Waals surface area contributed by atoms with Crippen molar-refractivity contribution in [1.82, 2.24) is 5.32 Å². The second-order valence-corrected chi connectivity index (χ2v) is 5.73. The molecule has 2 rings (SSSR count). The Hall–Kier alpha value is -1.38. The van der Waals surface area contributed by atoms with Gasteiger partial charge in [-0.1, -0.05) is 42.8 Å². The van der Waals surface area contributed by atoms with E-state index in [0.29, 0.717) is 0 Å². The van der Waals surface area contributed by atoms with E-state index in [9.17, 15) is 4.39 Å². The molecule has 1 unspecified atom stereocenters. The highest BCUT2D eigenvalue weighted by molar-refractivity contribution is 6.30. The zero-order chi connectivity index (χ0) is 15.1. The predicted molar refractivity (Wildman–Crippen MR) is 87.5 cm³/mol. The molecule has 1 nitrogen and oxygen atoms in total. The van der Waals surface area contributed by atoms with Crippen LogP contribution in [0, 0.1) is 5.82 Å². The van der Waals surface area contributed by atoms with E-state index in [1.54, 1.807) is 12.1 Å². The summed E-state index contributed by atoms with van der Waals surface area (Å²) in [7, 11) is 0. The van der Waals surface area contributed by atoms with Crippen molar-refractivity contribution in [3.8, 4) is 0 Å². The van der Waals surface area contributed by atoms with E-state index in [0.717, 1.165) is 36.5 Å². The summed E-state index contributed by atoms with van der Waals surface area (Å²) >= 11 is 6.10. The zero-order valence-corrected chi connectivity index (χ0v) is 13.0. The van der Waals surface area contributed by atoms with Gasteiger partial charge in [-0.3, -0.25) is 0 Å². The van der Waals surface area contributed by atoms with Crippen LogP contribution in [-0.4, -0.2) is 13.1 Å². The van der Waals surface area contributed by atoms with Crippen LogP contribution in [0.2, 0.25) is 5.02 Å². The number of nitrogens with one attached hydrogen (secondary N) is 1. The second kappa shape index (κ2) is 8.16. The van der Waals surface area contributed by atoms with Crippen molar-refractivity contribution in [3.05, 3.63) is 70.5 Å². The first-order valence-corrected chi connectivity index (χ1v) is 7.77. The maximum Gasteiger partial charge on any atom is 0.123 e. The highest BCUT2D eigenvalue weighted by Crippen LogP contribution is 2.23. The summed E-state index contributed by atoms with van der Waals surface area (Å²) in [5, 5.41) is 4.19. The van der Waals surface area contributed by atoms with Gasteiger partial charge < -0.3 is 5.32 Å². The van der Waals surface area contributed by atoms with Gasteiger partial charge in [0.25, 0.3) is 0 Å². The molecule has 2 aromatic carbocycles. The molecule has 0 bridgehead atoms. The van der Waals surface area contributed by atoms with Crippen LogP contribution >= 0.6 is 11.6 Å². The Balaban J connectivity index is 2.15. The van der Waals surface area contributed by atoms with Crippen LogP contribution in [0.1, 0.15) is 30.4 Å². The highest BCUT2D eigenvalue weighted by atomic mass is 35.5. The summed E-state index contributed by atoms with van der Waals surface area (Å²) in [6.07, 6.45) is 1.90. The number of rotatable bonds is 7. The van der Waals surface area contributed by atoms with E-state index >= 15 is 0 Å². The van der Waals surface area contributed by atoms with E-state index in [2.05, 4.69) is 18.3 Å². The number of halogens is 2. The molecule has 21 heavy (non-hydrogen) atoms. The fourth-order valence-corrected chi connectivity index (χ4v) is 2.67. The molecule has 0 aromatic heterocycles. The molecule has 0 fully saturated rings. The third-order valence-corrected chi connectivity index (χ3v) is 3.74. The molecule has 0 amide bonds. The van der Waals surface area contributed by atoms with Gasteiger partial charge in [-0.2, -0.15) is 0 Å². The fourth-order valence-electron chi connectivity index (χ4n) is 2.47. The molecule has 0 aliphatic heterocycles. The van der Waals surface area contributed by atoms with E-state index in [1.807, 2.05) is 24.3 Å². The normalized spacial score (nSPS) is 12.3. The van der Waals surface area contributed by atoms with E-state index in [-0.39, 0.29) is 11.7 Å². The van der Waals surface area contributed by atoms with Crippen molar-refractivity contribution >= 4 is 11.6 Å². The van der Waals surface area contributed by atoms with Crippen molar-refractivity contribution in [1.29, 1.82) is 0 Å². The molecule has 1 atom stereocenters. The summed E-state index contributed by atoms with van der Waals surface area (Å²) in [6.45, 7) is 4.00. The molecule has 0 saturated carbocycles. The molecule has 0 aliphatic rings. The number of benzene rings is 2. The summed E-state index contributed by atoms with van der Waals surface area (Å²) in [4.78, 5) is 0. The number of hydrogen-bond donors (Lipinski definition) is 1. The average molecular weight is 306 g/mol. The summed E-state index contributed by atoms with van der Waals surface area (Å²) < 4.78 is 13.4. The lowest BCUT2D eigenvalue weighted by Crippen LogP contribution is -2.23. The van der Waals surface area contributed by atoms with Crippen LogP contribution in [0.25, 0.3) is 0 Å². The molecular formula is C18H21ClFN. The minimum Gasteiger partial charge on any atom is -0.316 e. The molecule has 0 spiro atoms. The smallest absolute Gasteiger partial charge is 0.123 e. The van der Waals surface area contributed by atoms with Gasteiger partial charge in [0, 0.05) is 17.5 Å². The van der Waals surface area contributed by atoms with Gasteiger partial charge in [0.05, 0.1) is 0 Å².